The molecule has 0 unspecified atom stereocenters. The molecule has 0 saturated carbocycles. The molecule has 1 N–H and O–H groups in total. The van der Waals surface area contributed by atoms with E-state index in [9.17, 15) is 19.2 Å². The second-order valence-corrected chi connectivity index (χ2v) is 11.8. The van der Waals surface area contributed by atoms with Crippen molar-refractivity contribution in [3.05, 3.63) is 29.8 Å². The molecule has 1 aromatic carbocycles. The Labute approximate surface area is 232 Å². The van der Waals surface area contributed by atoms with Gasteiger partial charge in [-0.25, -0.2) is 0 Å². The Morgan fingerprint density at radius 3 is 2.15 bits per heavy atom. The number of likely N-dealkylation sites (tertiary alicyclic amines) is 1. The summed E-state index contributed by atoms with van der Waals surface area (Å²) < 4.78 is 5.95. The molecule has 9 nitrogen and oxygen atoms in total. The largest absolute Gasteiger partial charge is 0.493 e. The van der Waals surface area contributed by atoms with Gasteiger partial charge in [0, 0.05) is 33.1 Å². The first-order valence-corrected chi connectivity index (χ1v) is 14.3. The number of hydrogen-bond donors (Lipinski definition) is 1. The lowest BCUT2D eigenvalue weighted by Crippen LogP contribution is -2.63. The molecule has 0 radical (unpaired) electrons. The molecule has 216 valence electrons. The number of carboxylic acids is 1. The van der Waals surface area contributed by atoms with Crippen LogP contribution in [0.3, 0.4) is 0 Å². The molecule has 2 heterocycles. The van der Waals surface area contributed by atoms with E-state index in [1.54, 1.807) is 34.1 Å². The number of ether oxygens (including phenoxy) is 1. The molecule has 39 heavy (non-hydrogen) atoms. The monoisotopic (exact) mass is 543 g/mol. The molecule has 1 aromatic rings. The van der Waals surface area contributed by atoms with E-state index in [-0.39, 0.29) is 36.0 Å². The Balaban J connectivity index is 1.60. The number of benzene rings is 1. The van der Waals surface area contributed by atoms with Gasteiger partial charge < -0.3 is 24.5 Å². The van der Waals surface area contributed by atoms with Crippen LogP contribution in [0.15, 0.2) is 24.3 Å². The van der Waals surface area contributed by atoms with Crippen molar-refractivity contribution in [3.63, 3.8) is 0 Å². The average Bonchev–Trinajstić information content (AvgIpc) is 2.87. The van der Waals surface area contributed by atoms with Gasteiger partial charge in [-0.05, 0) is 61.1 Å². The Morgan fingerprint density at radius 1 is 0.974 bits per heavy atom. The molecule has 0 aromatic heterocycles. The summed E-state index contributed by atoms with van der Waals surface area (Å²) in [7, 11) is 0. The van der Waals surface area contributed by atoms with Crippen LogP contribution in [0.25, 0.3) is 0 Å². The third-order valence-corrected chi connectivity index (χ3v) is 7.67. The van der Waals surface area contributed by atoms with Crippen molar-refractivity contribution in [2.75, 3.05) is 32.8 Å². The van der Waals surface area contributed by atoms with Crippen molar-refractivity contribution in [2.45, 2.75) is 78.8 Å². The maximum Gasteiger partial charge on any atom is 0.307 e. The maximum atomic E-state index is 13.8. The minimum Gasteiger partial charge on any atom is -0.493 e. The quantitative estimate of drug-likeness (QED) is 0.458. The summed E-state index contributed by atoms with van der Waals surface area (Å²) in [6.07, 6.45) is 2.81. The smallest absolute Gasteiger partial charge is 0.307 e. The van der Waals surface area contributed by atoms with E-state index >= 15 is 0 Å². The lowest BCUT2D eigenvalue weighted by Gasteiger charge is -2.45. The van der Waals surface area contributed by atoms with Crippen molar-refractivity contribution >= 4 is 23.7 Å². The first-order chi connectivity index (χ1) is 18.5. The number of piperazine rings is 1. The van der Waals surface area contributed by atoms with Gasteiger partial charge in [-0.15, -0.1) is 0 Å². The van der Waals surface area contributed by atoms with Gasteiger partial charge in [0.05, 0.1) is 13.0 Å². The van der Waals surface area contributed by atoms with E-state index in [1.165, 1.54) is 6.92 Å². The van der Waals surface area contributed by atoms with Crippen LogP contribution in [0, 0.1) is 17.8 Å². The molecule has 0 aliphatic carbocycles. The topological polar surface area (TPSA) is 107 Å². The summed E-state index contributed by atoms with van der Waals surface area (Å²) in [5, 5.41) is 8.91. The summed E-state index contributed by atoms with van der Waals surface area (Å²) in [4.78, 5) is 55.9. The minimum absolute atomic E-state index is 0.00464. The fraction of sp³-hybridized carbons (Fsp3) is 0.667. The van der Waals surface area contributed by atoms with E-state index < -0.39 is 18.1 Å². The van der Waals surface area contributed by atoms with Gasteiger partial charge in [-0.3, -0.25) is 19.2 Å². The van der Waals surface area contributed by atoms with Gasteiger partial charge in [-0.2, -0.15) is 0 Å². The Hall–Kier alpha value is -3.10. The number of rotatable bonds is 11. The van der Waals surface area contributed by atoms with Gasteiger partial charge in [-0.1, -0.05) is 39.8 Å². The van der Waals surface area contributed by atoms with Crippen LogP contribution in [-0.2, 0) is 25.6 Å². The average molecular weight is 544 g/mol. The van der Waals surface area contributed by atoms with Crippen LogP contribution in [0.2, 0.25) is 0 Å². The Bertz CT molecular complexity index is 1000. The summed E-state index contributed by atoms with van der Waals surface area (Å²) in [6.45, 7) is 12.4. The van der Waals surface area contributed by atoms with Crippen LogP contribution in [-0.4, -0.2) is 88.4 Å². The van der Waals surface area contributed by atoms with Crippen molar-refractivity contribution in [2.24, 2.45) is 17.8 Å². The molecule has 2 atom stereocenters. The first kappa shape index (κ1) is 30.4. The number of carbonyl (C=O) groups is 4. The van der Waals surface area contributed by atoms with E-state index in [4.69, 9.17) is 9.84 Å². The number of amides is 3. The van der Waals surface area contributed by atoms with Crippen molar-refractivity contribution in [1.29, 1.82) is 0 Å². The fourth-order valence-corrected chi connectivity index (χ4v) is 5.60. The van der Waals surface area contributed by atoms with E-state index in [1.807, 2.05) is 18.7 Å². The van der Waals surface area contributed by atoms with E-state index in [0.717, 1.165) is 18.4 Å². The lowest BCUT2D eigenvalue weighted by molar-refractivity contribution is -0.159. The predicted molar refractivity (Wildman–Crippen MR) is 148 cm³/mol. The van der Waals surface area contributed by atoms with Crippen molar-refractivity contribution in [1.82, 2.24) is 14.7 Å². The number of carbonyl (C=O) groups excluding carboxylic acids is 3. The highest BCUT2D eigenvalue weighted by atomic mass is 16.5. The molecule has 3 amide bonds. The Kier molecular flexibility index (Phi) is 10.8. The number of carboxylic acid groups (broad SMARTS) is 1. The third kappa shape index (κ3) is 8.44. The van der Waals surface area contributed by atoms with Crippen LogP contribution < -0.4 is 4.74 Å². The Morgan fingerprint density at radius 2 is 1.62 bits per heavy atom. The molecular weight excluding hydrogens is 498 g/mol. The summed E-state index contributed by atoms with van der Waals surface area (Å²) in [5.74, 6) is 0.454. The van der Waals surface area contributed by atoms with E-state index in [0.29, 0.717) is 57.3 Å². The SMILES string of the molecule is CC(=O)N1CCN([C@@H](CC(C)C)C(=O)N2CCC(COc3ccc(CC(=O)O)cc3)CC2)C(=O)[C@@H]1CC(C)C. The summed E-state index contributed by atoms with van der Waals surface area (Å²) in [5.41, 5.74) is 0.731. The lowest BCUT2D eigenvalue weighted by atomic mass is 9.93. The third-order valence-electron chi connectivity index (χ3n) is 7.67. The van der Waals surface area contributed by atoms with Crippen LogP contribution in [0.4, 0.5) is 0 Å². The number of aliphatic carboxylic acids is 1. The van der Waals surface area contributed by atoms with Crippen molar-refractivity contribution < 1.29 is 29.0 Å². The number of nitrogens with zero attached hydrogens (tertiary/aromatic N) is 3. The fourth-order valence-electron chi connectivity index (χ4n) is 5.60. The molecule has 2 fully saturated rings. The highest BCUT2D eigenvalue weighted by molar-refractivity contribution is 5.92. The van der Waals surface area contributed by atoms with Gasteiger partial charge >= 0.3 is 5.97 Å². The molecule has 2 aliphatic rings. The maximum absolute atomic E-state index is 13.8. The molecule has 0 spiro atoms. The van der Waals surface area contributed by atoms with Gasteiger partial charge in [0.2, 0.25) is 17.7 Å². The highest BCUT2D eigenvalue weighted by Gasteiger charge is 2.42. The zero-order valence-corrected chi connectivity index (χ0v) is 24.1. The second-order valence-electron chi connectivity index (χ2n) is 11.8. The van der Waals surface area contributed by atoms with Gasteiger partial charge in [0.1, 0.15) is 17.8 Å². The zero-order chi connectivity index (χ0) is 28.7. The first-order valence-electron chi connectivity index (χ1n) is 14.3. The van der Waals surface area contributed by atoms with Crippen LogP contribution in [0.1, 0.15) is 65.9 Å². The van der Waals surface area contributed by atoms with Crippen LogP contribution >= 0.6 is 0 Å². The normalized spacial score (nSPS) is 19.5. The zero-order valence-electron chi connectivity index (χ0n) is 24.1. The molecule has 2 saturated heterocycles. The molecular formula is C30H45N3O6. The van der Waals surface area contributed by atoms with Gasteiger partial charge in [0.25, 0.3) is 0 Å². The minimum atomic E-state index is -0.862. The van der Waals surface area contributed by atoms with Gasteiger partial charge in [0.15, 0.2) is 0 Å². The molecule has 0 bridgehead atoms. The second kappa shape index (κ2) is 13.8. The summed E-state index contributed by atoms with van der Waals surface area (Å²) in [6, 6.07) is 6.09. The molecule has 9 heteroatoms. The van der Waals surface area contributed by atoms with Crippen LogP contribution in [0.5, 0.6) is 5.75 Å². The highest BCUT2D eigenvalue weighted by Crippen LogP contribution is 2.26. The summed E-state index contributed by atoms with van der Waals surface area (Å²) >= 11 is 0. The standard InChI is InChI=1S/C30H45N3O6/c1-20(2)16-26(33-15-14-32(22(5)34)27(30(33)38)17-21(3)4)29(37)31-12-10-24(11-13-31)19-39-25-8-6-23(7-9-25)18-28(35)36/h6-9,20-21,24,26-27H,10-19H2,1-5H3,(H,35,36)/t26-,27-/m0/s1. The number of hydrogen-bond acceptors (Lipinski definition) is 5. The van der Waals surface area contributed by atoms with Crippen molar-refractivity contribution in [3.8, 4) is 5.75 Å². The molecule has 2 aliphatic heterocycles. The predicted octanol–water partition coefficient (Wildman–Crippen LogP) is 3.45. The number of piperidine rings is 1. The molecule has 3 rings (SSSR count). The van der Waals surface area contributed by atoms with E-state index in [2.05, 4.69) is 13.8 Å².